The zero-order valence-electron chi connectivity index (χ0n) is 18.9. The van der Waals surface area contributed by atoms with Crippen molar-refractivity contribution in [1.82, 2.24) is 14.7 Å². The van der Waals surface area contributed by atoms with Crippen LogP contribution in [0.3, 0.4) is 0 Å². The summed E-state index contributed by atoms with van der Waals surface area (Å²) in [5.74, 6) is 0.326. The van der Waals surface area contributed by atoms with E-state index in [1.165, 1.54) is 5.56 Å². The standard InChI is InChI=1S/C27H33N3O2/c1-22-20-28(21-24-10-6-3-7-11-24)18-19-30(22)27(32)25-14-16-29(17-15-25)26(31)13-12-23-8-4-2-5-9-23/h2-13,22,25H,14-21H2,1H3/b13-12+. The molecule has 0 aliphatic carbocycles. The van der Waals surface area contributed by atoms with Crippen molar-refractivity contribution in [1.29, 1.82) is 0 Å². The van der Waals surface area contributed by atoms with Crippen LogP contribution in [-0.4, -0.2) is 65.3 Å². The molecular formula is C27H33N3O2. The molecule has 2 aromatic rings. The molecule has 4 rings (SSSR count). The zero-order chi connectivity index (χ0) is 22.3. The number of amides is 2. The molecule has 0 bridgehead atoms. The van der Waals surface area contributed by atoms with Gasteiger partial charge in [-0.25, -0.2) is 0 Å². The maximum Gasteiger partial charge on any atom is 0.246 e. The van der Waals surface area contributed by atoms with E-state index in [4.69, 9.17) is 0 Å². The highest BCUT2D eigenvalue weighted by Crippen LogP contribution is 2.23. The number of carbonyl (C=O) groups excluding carboxylic acids is 2. The summed E-state index contributed by atoms with van der Waals surface area (Å²) in [6, 6.07) is 20.6. The Morgan fingerprint density at radius 3 is 2.22 bits per heavy atom. The lowest BCUT2D eigenvalue weighted by Crippen LogP contribution is -2.56. The molecule has 0 N–H and O–H groups in total. The molecule has 0 spiro atoms. The highest BCUT2D eigenvalue weighted by atomic mass is 16.2. The summed E-state index contributed by atoms with van der Waals surface area (Å²) in [7, 11) is 0. The van der Waals surface area contributed by atoms with Crippen molar-refractivity contribution < 1.29 is 9.59 Å². The Morgan fingerprint density at radius 1 is 0.906 bits per heavy atom. The van der Waals surface area contributed by atoms with Crippen LogP contribution in [0.5, 0.6) is 0 Å². The summed E-state index contributed by atoms with van der Waals surface area (Å²) in [6.07, 6.45) is 5.00. The lowest BCUT2D eigenvalue weighted by molar-refractivity contribution is -0.143. The summed E-state index contributed by atoms with van der Waals surface area (Å²) in [4.78, 5) is 32.1. The van der Waals surface area contributed by atoms with Gasteiger partial charge in [-0.05, 0) is 37.0 Å². The minimum atomic E-state index is 0.0280. The molecule has 5 heteroatoms. The maximum atomic E-state index is 13.2. The van der Waals surface area contributed by atoms with Gasteiger partial charge in [-0.3, -0.25) is 14.5 Å². The number of likely N-dealkylation sites (tertiary alicyclic amines) is 1. The number of carbonyl (C=O) groups is 2. The van der Waals surface area contributed by atoms with Crippen molar-refractivity contribution in [2.75, 3.05) is 32.7 Å². The summed E-state index contributed by atoms with van der Waals surface area (Å²) in [6.45, 7) is 6.99. The number of piperazine rings is 1. The first-order chi connectivity index (χ1) is 15.6. The second kappa shape index (κ2) is 10.6. The SMILES string of the molecule is CC1CN(Cc2ccccc2)CCN1C(=O)C1CCN(C(=O)/C=C/c2ccccc2)CC1. The topological polar surface area (TPSA) is 43.9 Å². The second-order valence-electron chi connectivity index (χ2n) is 8.94. The van der Waals surface area contributed by atoms with Crippen molar-refractivity contribution in [3.63, 3.8) is 0 Å². The fourth-order valence-electron chi connectivity index (χ4n) is 4.76. The van der Waals surface area contributed by atoms with E-state index >= 15 is 0 Å². The van der Waals surface area contributed by atoms with E-state index in [0.29, 0.717) is 13.1 Å². The van der Waals surface area contributed by atoms with Crippen molar-refractivity contribution in [3.05, 3.63) is 77.9 Å². The minimum absolute atomic E-state index is 0.0280. The molecule has 0 aromatic heterocycles. The van der Waals surface area contributed by atoms with Gasteiger partial charge < -0.3 is 9.80 Å². The largest absolute Gasteiger partial charge is 0.339 e. The number of hydrogen-bond donors (Lipinski definition) is 0. The number of benzene rings is 2. The smallest absolute Gasteiger partial charge is 0.246 e. The van der Waals surface area contributed by atoms with Gasteiger partial charge in [0.15, 0.2) is 0 Å². The van der Waals surface area contributed by atoms with Crippen LogP contribution < -0.4 is 0 Å². The van der Waals surface area contributed by atoms with E-state index in [9.17, 15) is 9.59 Å². The molecule has 1 unspecified atom stereocenters. The minimum Gasteiger partial charge on any atom is -0.339 e. The van der Waals surface area contributed by atoms with Gasteiger partial charge in [0, 0.05) is 57.3 Å². The summed E-state index contributed by atoms with van der Waals surface area (Å²) in [5.41, 5.74) is 2.34. The summed E-state index contributed by atoms with van der Waals surface area (Å²) in [5, 5.41) is 0. The molecule has 1 atom stereocenters. The average Bonchev–Trinajstić information content (AvgIpc) is 2.84. The highest BCUT2D eigenvalue weighted by molar-refractivity contribution is 5.92. The molecule has 2 fully saturated rings. The third-order valence-corrected chi connectivity index (χ3v) is 6.62. The normalized spacial score (nSPS) is 20.6. The van der Waals surface area contributed by atoms with Gasteiger partial charge in [-0.1, -0.05) is 60.7 Å². The number of nitrogens with zero attached hydrogens (tertiary/aromatic N) is 3. The number of hydrogen-bond acceptors (Lipinski definition) is 3. The Bertz CT molecular complexity index is 920. The summed E-state index contributed by atoms with van der Waals surface area (Å²) < 4.78 is 0. The van der Waals surface area contributed by atoms with E-state index in [0.717, 1.165) is 44.6 Å². The quantitative estimate of drug-likeness (QED) is 0.679. The first-order valence-electron chi connectivity index (χ1n) is 11.7. The summed E-state index contributed by atoms with van der Waals surface area (Å²) >= 11 is 0. The van der Waals surface area contributed by atoms with Crippen LogP contribution in [0.25, 0.3) is 6.08 Å². The molecule has 0 saturated carbocycles. The molecule has 5 nitrogen and oxygen atoms in total. The van der Waals surface area contributed by atoms with Gasteiger partial charge >= 0.3 is 0 Å². The fourth-order valence-corrected chi connectivity index (χ4v) is 4.76. The number of rotatable bonds is 5. The van der Waals surface area contributed by atoms with Crippen LogP contribution in [0.1, 0.15) is 30.9 Å². The molecular weight excluding hydrogens is 398 g/mol. The predicted octanol–water partition coefficient (Wildman–Crippen LogP) is 3.67. The predicted molar refractivity (Wildman–Crippen MR) is 128 cm³/mol. The zero-order valence-corrected chi connectivity index (χ0v) is 18.9. The van der Waals surface area contributed by atoms with Crippen LogP contribution in [0.15, 0.2) is 66.7 Å². The van der Waals surface area contributed by atoms with Crippen LogP contribution in [0, 0.1) is 5.92 Å². The molecule has 0 radical (unpaired) electrons. The van der Waals surface area contributed by atoms with Crippen LogP contribution >= 0.6 is 0 Å². The first-order valence-corrected chi connectivity index (χ1v) is 11.7. The van der Waals surface area contributed by atoms with Crippen molar-refractivity contribution in [3.8, 4) is 0 Å². The van der Waals surface area contributed by atoms with Crippen LogP contribution in [-0.2, 0) is 16.1 Å². The van der Waals surface area contributed by atoms with Crippen molar-refractivity contribution in [2.45, 2.75) is 32.4 Å². The molecule has 168 valence electrons. The first kappa shape index (κ1) is 22.3. The van der Waals surface area contributed by atoms with Crippen LogP contribution in [0.4, 0.5) is 0 Å². The lowest BCUT2D eigenvalue weighted by Gasteiger charge is -2.42. The van der Waals surface area contributed by atoms with E-state index in [1.807, 2.05) is 47.4 Å². The van der Waals surface area contributed by atoms with E-state index in [2.05, 4.69) is 41.0 Å². The van der Waals surface area contributed by atoms with Crippen LogP contribution in [0.2, 0.25) is 0 Å². The van der Waals surface area contributed by atoms with Gasteiger partial charge in [0.2, 0.25) is 11.8 Å². The maximum absolute atomic E-state index is 13.2. The molecule has 2 saturated heterocycles. The monoisotopic (exact) mass is 431 g/mol. The van der Waals surface area contributed by atoms with Gasteiger partial charge in [0.1, 0.15) is 0 Å². The molecule has 2 aliphatic rings. The van der Waals surface area contributed by atoms with E-state index < -0.39 is 0 Å². The van der Waals surface area contributed by atoms with E-state index in [-0.39, 0.29) is 23.8 Å². The Hall–Kier alpha value is -2.92. The van der Waals surface area contributed by atoms with Gasteiger partial charge in [0.25, 0.3) is 0 Å². The van der Waals surface area contributed by atoms with Crippen molar-refractivity contribution >= 4 is 17.9 Å². The lowest BCUT2D eigenvalue weighted by atomic mass is 9.94. The van der Waals surface area contributed by atoms with Gasteiger partial charge in [-0.15, -0.1) is 0 Å². The molecule has 2 aromatic carbocycles. The third-order valence-electron chi connectivity index (χ3n) is 6.62. The van der Waals surface area contributed by atoms with Gasteiger partial charge in [0.05, 0.1) is 0 Å². The average molecular weight is 432 g/mol. The Morgan fingerprint density at radius 2 is 1.56 bits per heavy atom. The van der Waals surface area contributed by atoms with Gasteiger partial charge in [-0.2, -0.15) is 0 Å². The van der Waals surface area contributed by atoms with E-state index in [1.54, 1.807) is 6.08 Å². The number of piperidine rings is 1. The highest BCUT2D eigenvalue weighted by Gasteiger charge is 2.34. The Kier molecular flexibility index (Phi) is 7.38. The Labute approximate surface area is 191 Å². The second-order valence-corrected chi connectivity index (χ2v) is 8.94. The third kappa shape index (κ3) is 5.65. The molecule has 2 heterocycles. The molecule has 2 aliphatic heterocycles. The Balaban J connectivity index is 1.24. The molecule has 2 amide bonds. The fraction of sp³-hybridized carbons (Fsp3) is 0.407. The van der Waals surface area contributed by atoms with Crippen molar-refractivity contribution in [2.24, 2.45) is 5.92 Å². The molecule has 32 heavy (non-hydrogen) atoms.